The predicted molar refractivity (Wildman–Crippen MR) is 66.4 cm³/mol. The zero-order valence-corrected chi connectivity index (χ0v) is 12.5. The first kappa shape index (κ1) is 18.6. The van der Waals surface area contributed by atoms with Crippen LogP contribution in [-0.4, -0.2) is 49.9 Å². The van der Waals surface area contributed by atoms with Gasteiger partial charge in [-0.05, 0) is 0 Å². The van der Waals surface area contributed by atoms with Crippen molar-refractivity contribution in [3.8, 4) is 0 Å². The number of quaternary nitrogens is 1. The van der Waals surface area contributed by atoms with Gasteiger partial charge in [0.2, 0.25) is 0 Å². The number of nitrogens with two attached hydrogens (primary N) is 1. The van der Waals surface area contributed by atoms with Gasteiger partial charge in [0.05, 0.1) is 13.2 Å². The van der Waals surface area contributed by atoms with Crippen LogP contribution < -0.4 is 5.32 Å². The van der Waals surface area contributed by atoms with E-state index in [0.29, 0.717) is 6.61 Å². The number of halogens is 7. The van der Waals surface area contributed by atoms with Crippen molar-refractivity contribution in [1.82, 2.24) is 4.90 Å². The standard InChI is InChI=1S/C9H15ClN2O2.F6P/c10-9-7-12(2-4-14-9)6-8-5-11-1-3-13-8;1-7(2,3,4,5)6/h6,9,11H,1-5,7H2;/q;-1/p+1/b8-6+;. The monoisotopic (exact) mass is 364 g/mol. The molecular formula is C9H16ClF6N2O2P. The maximum atomic E-state index is 9.87. The van der Waals surface area contributed by atoms with Gasteiger partial charge in [-0.15, -0.1) is 0 Å². The van der Waals surface area contributed by atoms with Gasteiger partial charge in [0.15, 0.2) is 5.76 Å². The zero-order valence-electron chi connectivity index (χ0n) is 10.8. The Morgan fingerprint density at radius 3 is 2.29 bits per heavy atom. The Labute approximate surface area is 122 Å². The number of hydrogen-bond donors (Lipinski definition) is 1. The first-order valence-corrected chi connectivity index (χ1v) is 8.47. The van der Waals surface area contributed by atoms with Crippen LogP contribution in [0.3, 0.4) is 0 Å². The Kier molecular flexibility index (Phi) is 5.30. The molecule has 0 aliphatic carbocycles. The first-order valence-electron chi connectivity index (χ1n) is 6.01. The Balaban J connectivity index is 0.000000270. The molecule has 0 bridgehead atoms. The molecule has 2 rings (SSSR count). The molecule has 2 fully saturated rings. The summed E-state index contributed by atoms with van der Waals surface area (Å²) in [4.78, 5) is 2.16. The fourth-order valence-electron chi connectivity index (χ4n) is 1.61. The number of alkyl halides is 1. The zero-order chi connectivity index (χ0) is 16.2. The summed E-state index contributed by atoms with van der Waals surface area (Å²) in [6.07, 6.45) is 2.06. The minimum atomic E-state index is -10.7. The summed E-state index contributed by atoms with van der Waals surface area (Å²) in [5.74, 6) is 1.04. The van der Waals surface area contributed by atoms with Crippen molar-refractivity contribution < 1.29 is 40.0 Å². The summed E-state index contributed by atoms with van der Waals surface area (Å²) >= 11 is 5.89. The second kappa shape index (κ2) is 5.98. The van der Waals surface area contributed by atoms with Crippen molar-refractivity contribution in [3.05, 3.63) is 12.0 Å². The molecule has 1 unspecified atom stereocenters. The molecule has 2 N–H and O–H groups in total. The van der Waals surface area contributed by atoms with E-state index in [1.54, 1.807) is 0 Å². The van der Waals surface area contributed by atoms with Crippen molar-refractivity contribution in [2.24, 2.45) is 0 Å². The van der Waals surface area contributed by atoms with Crippen LogP contribution in [0.15, 0.2) is 12.0 Å². The normalized spacial score (nSPS) is 28.8. The number of rotatable bonds is 1. The van der Waals surface area contributed by atoms with Crippen LogP contribution in [0.4, 0.5) is 25.2 Å². The predicted octanol–water partition coefficient (Wildman–Crippen LogP) is 2.70. The van der Waals surface area contributed by atoms with Gasteiger partial charge in [-0.3, -0.25) is 0 Å². The summed E-state index contributed by atoms with van der Waals surface area (Å²) in [7, 11) is -10.7. The molecule has 2 heterocycles. The van der Waals surface area contributed by atoms with Gasteiger partial charge in [0.25, 0.3) is 0 Å². The quantitative estimate of drug-likeness (QED) is 0.442. The first-order chi connectivity index (χ1) is 9.29. The SMILES string of the molecule is ClC1CN(/C=C2\C[NH2+]CCO2)CCO1.F[P-](F)(F)(F)(F)F. The average Bonchev–Trinajstić information content (AvgIpc) is 2.26. The van der Waals surface area contributed by atoms with E-state index in [9.17, 15) is 25.2 Å². The van der Waals surface area contributed by atoms with E-state index in [-0.39, 0.29) is 5.56 Å². The van der Waals surface area contributed by atoms with Crippen LogP contribution in [0.5, 0.6) is 0 Å². The van der Waals surface area contributed by atoms with Crippen molar-refractivity contribution in [1.29, 1.82) is 0 Å². The topological polar surface area (TPSA) is 38.3 Å². The summed E-state index contributed by atoms with van der Waals surface area (Å²) in [6.45, 7) is 5.13. The molecule has 4 nitrogen and oxygen atoms in total. The van der Waals surface area contributed by atoms with Crippen LogP contribution in [0, 0.1) is 0 Å². The molecule has 2 aliphatic rings. The van der Waals surface area contributed by atoms with E-state index in [1.165, 1.54) is 0 Å². The molecule has 0 spiro atoms. The van der Waals surface area contributed by atoms with Gasteiger partial charge >= 0.3 is 33.0 Å². The van der Waals surface area contributed by atoms with Crippen LogP contribution in [-0.2, 0) is 9.47 Å². The van der Waals surface area contributed by atoms with E-state index in [0.717, 1.165) is 38.5 Å². The third-order valence-corrected chi connectivity index (χ3v) is 2.60. The van der Waals surface area contributed by atoms with Gasteiger partial charge < -0.3 is 19.7 Å². The van der Waals surface area contributed by atoms with Crippen LogP contribution in [0.25, 0.3) is 0 Å². The molecule has 0 aromatic rings. The molecule has 12 heteroatoms. The van der Waals surface area contributed by atoms with E-state index >= 15 is 0 Å². The van der Waals surface area contributed by atoms with Crippen LogP contribution in [0.2, 0.25) is 0 Å². The molecule has 2 aliphatic heterocycles. The van der Waals surface area contributed by atoms with E-state index in [4.69, 9.17) is 21.1 Å². The van der Waals surface area contributed by atoms with Crippen molar-refractivity contribution in [2.75, 3.05) is 39.4 Å². The molecule has 0 aromatic carbocycles. The number of nitrogens with zero attached hydrogens (tertiary/aromatic N) is 1. The Hall–Kier alpha value is -0.440. The number of hydrogen-bond acceptors (Lipinski definition) is 3. The molecule has 0 saturated carbocycles. The number of morpholine rings is 2. The molecule has 21 heavy (non-hydrogen) atoms. The molecule has 2 saturated heterocycles. The molecule has 1 atom stereocenters. The molecule has 128 valence electrons. The van der Waals surface area contributed by atoms with Gasteiger partial charge in [-0.2, -0.15) is 0 Å². The van der Waals surface area contributed by atoms with E-state index in [1.807, 2.05) is 0 Å². The molecule has 0 radical (unpaired) electrons. The van der Waals surface area contributed by atoms with Gasteiger partial charge in [-0.25, -0.2) is 0 Å². The second-order valence-electron chi connectivity index (χ2n) is 4.46. The fourth-order valence-corrected chi connectivity index (χ4v) is 1.88. The van der Waals surface area contributed by atoms with Crippen LogP contribution in [0.1, 0.15) is 0 Å². The van der Waals surface area contributed by atoms with Gasteiger partial charge in [0, 0.05) is 12.7 Å². The fraction of sp³-hybridized carbons (Fsp3) is 0.778. The summed E-state index contributed by atoms with van der Waals surface area (Å²) in [5.41, 5.74) is -0.187. The second-order valence-corrected chi connectivity index (χ2v) is 6.86. The molecule has 0 aromatic heterocycles. The van der Waals surface area contributed by atoms with Gasteiger partial charge in [0.1, 0.15) is 25.3 Å². The maximum absolute atomic E-state index is 10.7. The Bertz CT molecular complexity index is 370. The summed E-state index contributed by atoms with van der Waals surface area (Å²) < 4.78 is 70.0. The van der Waals surface area contributed by atoms with Gasteiger partial charge in [-0.1, -0.05) is 11.6 Å². The molecular weight excluding hydrogens is 349 g/mol. The van der Waals surface area contributed by atoms with E-state index in [2.05, 4.69) is 16.4 Å². The summed E-state index contributed by atoms with van der Waals surface area (Å²) in [5, 5.41) is 2.24. The molecule has 0 amide bonds. The van der Waals surface area contributed by atoms with E-state index < -0.39 is 7.81 Å². The Morgan fingerprint density at radius 1 is 1.19 bits per heavy atom. The third-order valence-electron chi connectivity index (χ3n) is 2.34. The Morgan fingerprint density at radius 2 is 1.81 bits per heavy atom. The summed E-state index contributed by atoms with van der Waals surface area (Å²) in [6, 6.07) is 0. The average molecular weight is 365 g/mol. The van der Waals surface area contributed by atoms with Crippen molar-refractivity contribution >= 4 is 19.4 Å². The number of ether oxygens (including phenoxy) is 2. The van der Waals surface area contributed by atoms with Crippen molar-refractivity contribution in [3.63, 3.8) is 0 Å². The van der Waals surface area contributed by atoms with Crippen LogP contribution >= 0.6 is 19.4 Å². The minimum absolute atomic E-state index is 0.187. The third kappa shape index (κ3) is 13.0. The van der Waals surface area contributed by atoms with Crippen molar-refractivity contribution in [2.45, 2.75) is 5.56 Å².